The fraction of sp³-hybridized carbons (Fsp3) is 0.304. The van der Waals surface area contributed by atoms with Gasteiger partial charge in [0.25, 0.3) is 0 Å². The molecule has 0 saturated heterocycles. The van der Waals surface area contributed by atoms with Crippen LogP contribution < -0.4 is 10.1 Å². The van der Waals surface area contributed by atoms with Gasteiger partial charge in [0.2, 0.25) is 5.91 Å². The molecular formula is C23H26N4O3S. The summed E-state index contributed by atoms with van der Waals surface area (Å²) in [6.45, 7) is 7.54. The number of carbonyl (C=O) groups is 2. The molecule has 3 aromatic rings. The van der Waals surface area contributed by atoms with Crippen LogP contribution >= 0.6 is 11.8 Å². The number of nitrogens with zero attached hydrogens (tertiary/aromatic N) is 3. The van der Waals surface area contributed by atoms with Gasteiger partial charge in [-0.15, -0.1) is 10.2 Å². The molecule has 1 atom stereocenters. The molecule has 7 nitrogen and oxygen atoms in total. The van der Waals surface area contributed by atoms with E-state index in [0.29, 0.717) is 22.2 Å². The standard InChI is InChI=1S/C23H26N4O3S/c1-14-6-11-20(12-15(14)2)30-17(4)22-25-26-23(27(22)5)31-13-21(29)24-19-9-7-18(8-10-19)16(3)28/h6-12,17H,13H2,1-5H3,(H,24,29). The van der Waals surface area contributed by atoms with E-state index >= 15 is 0 Å². The molecule has 0 bridgehead atoms. The van der Waals surface area contributed by atoms with Gasteiger partial charge in [0.05, 0.1) is 5.75 Å². The van der Waals surface area contributed by atoms with Gasteiger partial charge in [0, 0.05) is 18.3 Å². The van der Waals surface area contributed by atoms with Crippen molar-refractivity contribution in [1.82, 2.24) is 14.8 Å². The molecule has 0 saturated carbocycles. The van der Waals surface area contributed by atoms with E-state index in [4.69, 9.17) is 4.74 Å². The number of carbonyl (C=O) groups excluding carboxylic acids is 2. The summed E-state index contributed by atoms with van der Waals surface area (Å²) in [5, 5.41) is 11.9. The molecule has 0 aliphatic heterocycles. The molecule has 1 aromatic heterocycles. The molecule has 0 radical (unpaired) electrons. The number of Topliss-reactive ketones (excluding diaryl/α,β-unsaturated/α-hetero) is 1. The Morgan fingerprint density at radius 3 is 2.45 bits per heavy atom. The van der Waals surface area contributed by atoms with Crippen LogP contribution in [0.15, 0.2) is 47.6 Å². The number of benzene rings is 2. The highest BCUT2D eigenvalue weighted by Crippen LogP contribution is 2.25. The van der Waals surface area contributed by atoms with E-state index < -0.39 is 0 Å². The summed E-state index contributed by atoms with van der Waals surface area (Å²) >= 11 is 1.30. The second kappa shape index (κ2) is 9.78. The predicted molar refractivity (Wildman–Crippen MR) is 122 cm³/mol. The van der Waals surface area contributed by atoms with Crippen molar-refractivity contribution in [3.63, 3.8) is 0 Å². The van der Waals surface area contributed by atoms with Crippen molar-refractivity contribution < 1.29 is 14.3 Å². The average molecular weight is 439 g/mol. The van der Waals surface area contributed by atoms with Crippen LogP contribution in [0.1, 0.15) is 47.3 Å². The van der Waals surface area contributed by atoms with Gasteiger partial charge in [-0.3, -0.25) is 9.59 Å². The number of hydrogen-bond donors (Lipinski definition) is 1. The number of ether oxygens (including phenoxy) is 1. The maximum atomic E-state index is 12.3. The molecule has 0 aliphatic carbocycles. The minimum Gasteiger partial charge on any atom is -0.483 e. The third-order valence-electron chi connectivity index (χ3n) is 4.93. The lowest BCUT2D eigenvalue weighted by molar-refractivity contribution is -0.113. The van der Waals surface area contributed by atoms with Crippen LogP contribution in [0, 0.1) is 13.8 Å². The first-order valence-electron chi connectivity index (χ1n) is 9.91. The van der Waals surface area contributed by atoms with Gasteiger partial charge < -0.3 is 14.6 Å². The van der Waals surface area contributed by atoms with Crippen LogP contribution in [-0.2, 0) is 11.8 Å². The summed E-state index contributed by atoms with van der Waals surface area (Å²) in [6, 6.07) is 12.8. The second-order valence-corrected chi connectivity index (χ2v) is 8.32. The Kier molecular flexibility index (Phi) is 7.12. The van der Waals surface area contributed by atoms with Gasteiger partial charge in [-0.1, -0.05) is 17.8 Å². The number of amides is 1. The monoisotopic (exact) mass is 438 g/mol. The Balaban J connectivity index is 1.57. The molecule has 0 fully saturated rings. The number of aromatic nitrogens is 3. The summed E-state index contributed by atoms with van der Waals surface area (Å²) < 4.78 is 7.86. The number of aryl methyl sites for hydroxylation is 2. The lowest BCUT2D eigenvalue weighted by atomic mass is 10.1. The molecule has 8 heteroatoms. The minimum atomic E-state index is -0.289. The van der Waals surface area contributed by atoms with Gasteiger partial charge in [-0.2, -0.15) is 0 Å². The highest BCUT2D eigenvalue weighted by Gasteiger charge is 2.18. The summed E-state index contributed by atoms with van der Waals surface area (Å²) in [6.07, 6.45) is -0.289. The maximum absolute atomic E-state index is 12.3. The fourth-order valence-corrected chi connectivity index (χ4v) is 3.68. The summed E-state index contributed by atoms with van der Waals surface area (Å²) in [5.41, 5.74) is 3.63. The molecule has 162 valence electrons. The zero-order valence-electron chi connectivity index (χ0n) is 18.3. The molecule has 1 N–H and O–H groups in total. The molecular weight excluding hydrogens is 412 g/mol. The van der Waals surface area contributed by atoms with Crippen LogP contribution in [0.5, 0.6) is 5.75 Å². The number of ketones is 1. The highest BCUT2D eigenvalue weighted by atomic mass is 32.2. The molecule has 31 heavy (non-hydrogen) atoms. The summed E-state index contributed by atoms with van der Waals surface area (Å²) in [4.78, 5) is 23.6. The molecule has 0 aliphatic rings. The SMILES string of the molecule is CC(=O)c1ccc(NC(=O)CSc2nnc(C(C)Oc3ccc(C)c(C)c3)n2C)cc1. The first-order chi connectivity index (χ1) is 14.7. The quantitative estimate of drug-likeness (QED) is 0.411. The highest BCUT2D eigenvalue weighted by molar-refractivity contribution is 7.99. The van der Waals surface area contributed by atoms with Gasteiger partial charge >= 0.3 is 0 Å². The van der Waals surface area contributed by atoms with Crippen LogP contribution in [0.4, 0.5) is 5.69 Å². The van der Waals surface area contributed by atoms with E-state index in [-0.39, 0.29) is 23.5 Å². The first kappa shape index (κ1) is 22.6. The van der Waals surface area contributed by atoms with E-state index in [1.54, 1.807) is 24.3 Å². The Labute approximate surface area is 186 Å². The fourth-order valence-electron chi connectivity index (χ4n) is 2.97. The normalized spacial score (nSPS) is 11.8. The van der Waals surface area contributed by atoms with E-state index in [1.165, 1.54) is 29.8 Å². The number of hydrogen-bond acceptors (Lipinski definition) is 6. The predicted octanol–water partition coefficient (Wildman–Crippen LogP) is 4.51. The molecule has 3 rings (SSSR count). The third kappa shape index (κ3) is 5.73. The average Bonchev–Trinajstić information content (AvgIpc) is 3.10. The minimum absolute atomic E-state index is 0.0118. The van der Waals surface area contributed by atoms with E-state index in [0.717, 1.165) is 5.75 Å². The number of nitrogens with one attached hydrogen (secondary N) is 1. The van der Waals surface area contributed by atoms with Gasteiger partial charge in [-0.05, 0) is 75.2 Å². The smallest absolute Gasteiger partial charge is 0.234 e. The summed E-state index contributed by atoms with van der Waals surface area (Å²) in [5.74, 6) is 1.48. The van der Waals surface area contributed by atoms with Crippen molar-refractivity contribution in [3.05, 3.63) is 65.0 Å². The zero-order chi connectivity index (χ0) is 22.5. The Hall–Kier alpha value is -3.13. The Bertz CT molecular complexity index is 1090. The van der Waals surface area contributed by atoms with Crippen molar-refractivity contribution in [2.75, 3.05) is 11.1 Å². The largest absolute Gasteiger partial charge is 0.483 e. The van der Waals surface area contributed by atoms with E-state index in [9.17, 15) is 9.59 Å². The molecule has 1 unspecified atom stereocenters. The zero-order valence-corrected chi connectivity index (χ0v) is 19.1. The number of thioether (sulfide) groups is 1. The summed E-state index contributed by atoms with van der Waals surface area (Å²) in [7, 11) is 1.86. The lowest BCUT2D eigenvalue weighted by Crippen LogP contribution is -2.15. The van der Waals surface area contributed by atoms with Crippen LogP contribution in [-0.4, -0.2) is 32.2 Å². The van der Waals surface area contributed by atoms with E-state index in [1.807, 2.05) is 43.7 Å². The van der Waals surface area contributed by atoms with Crippen LogP contribution in [0.2, 0.25) is 0 Å². The first-order valence-corrected chi connectivity index (χ1v) is 10.9. The van der Waals surface area contributed by atoms with Gasteiger partial charge in [-0.25, -0.2) is 0 Å². The van der Waals surface area contributed by atoms with Gasteiger partial charge in [0.1, 0.15) is 5.75 Å². The Morgan fingerprint density at radius 2 is 1.81 bits per heavy atom. The molecule has 0 spiro atoms. The van der Waals surface area contributed by atoms with Crippen molar-refractivity contribution in [2.45, 2.75) is 39.0 Å². The van der Waals surface area contributed by atoms with Gasteiger partial charge in [0.15, 0.2) is 22.9 Å². The van der Waals surface area contributed by atoms with Crippen LogP contribution in [0.3, 0.4) is 0 Å². The molecule has 2 aromatic carbocycles. The number of anilines is 1. The van der Waals surface area contributed by atoms with Crippen LogP contribution in [0.25, 0.3) is 0 Å². The van der Waals surface area contributed by atoms with Crippen molar-refractivity contribution in [3.8, 4) is 5.75 Å². The molecule has 1 heterocycles. The molecule has 1 amide bonds. The van der Waals surface area contributed by atoms with Crippen molar-refractivity contribution in [2.24, 2.45) is 7.05 Å². The Morgan fingerprint density at radius 1 is 1.10 bits per heavy atom. The second-order valence-electron chi connectivity index (χ2n) is 7.38. The van der Waals surface area contributed by atoms with Crippen molar-refractivity contribution >= 4 is 29.1 Å². The number of rotatable bonds is 8. The topological polar surface area (TPSA) is 86.1 Å². The maximum Gasteiger partial charge on any atom is 0.234 e. The van der Waals surface area contributed by atoms with E-state index in [2.05, 4.69) is 22.4 Å². The van der Waals surface area contributed by atoms with Crippen molar-refractivity contribution in [1.29, 1.82) is 0 Å². The third-order valence-corrected chi connectivity index (χ3v) is 5.95. The lowest BCUT2D eigenvalue weighted by Gasteiger charge is -2.15.